The number of rotatable bonds is 8. The Bertz CT molecular complexity index is 301. The second kappa shape index (κ2) is 6.04. The van der Waals surface area contributed by atoms with Crippen molar-refractivity contribution in [3.8, 4) is 6.07 Å². The molecule has 1 N–H and O–H groups in total. The first-order valence-corrected chi connectivity index (χ1v) is 7.29. The highest BCUT2D eigenvalue weighted by molar-refractivity contribution is 5.17. The van der Waals surface area contributed by atoms with Crippen LogP contribution in [0.2, 0.25) is 0 Å². The van der Waals surface area contributed by atoms with Crippen molar-refractivity contribution in [1.82, 2.24) is 10.2 Å². The number of nitrogens with zero attached hydrogens (tertiary/aromatic N) is 2. The molecule has 1 fully saturated rings. The van der Waals surface area contributed by atoms with Gasteiger partial charge in [0.1, 0.15) is 5.54 Å². The maximum Gasteiger partial charge on any atom is 0.122 e. The van der Waals surface area contributed by atoms with Crippen molar-refractivity contribution in [2.45, 2.75) is 64.5 Å². The summed E-state index contributed by atoms with van der Waals surface area (Å²) in [7, 11) is 2.14. The molecule has 3 heteroatoms. The summed E-state index contributed by atoms with van der Waals surface area (Å²) < 4.78 is 0. The van der Waals surface area contributed by atoms with Crippen LogP contribution in [0.25, 0.3) is 0 Å². The zero-order valence-electron chi connectivity index (χ0n) is 12.7. The Morgan fingerprint density at radius 2 is 1.94 bits per heavy atom. The van der Waals surface area contributed by atoms with Crippen molar-refractivity contribution >= 4 is 0 Å². The number of nitriles is 1. The lowest BCUT2D eigenvalue weighted by Gasteiger charge is -2.41. The second-order valence-corrected chi connectivity index (χ2v) is 6.31. The van der Waals surface area contributed by atoms with Crippen LogP contribution in [-0.4, -0.2) is 36.1 Å². The van der Waals surface area contributed by atoms with E-state index in [9.17, 15) is 5.26 Å². The lowest BCUT2D eigenvalue weighted by molar-refractivity contribution is 0.112. The first kappa shape index (κ1) is 15.5. The third kappa shape index (κ3) is 3.46. The van der Waals surface area contributed by atoms with Crippen LogP contribution in [-0.2, 0) is 0 Å². The molecule has 0 radical (unpaired) electrons. The molecular formula is C15H29N3. The van der Waals surface area contributed by atoms with Crippen LogP contribution in [0.1, 0.15) is 53.4 Å². The third-order valence-corrected chi connectivity index (χ3v) is 4.55. The highest BCUT2D eigenvalue weighted by atomic mass is 15.2. The van der Waals surface area contributed by atoms with Crippen LogP contribution in [0.5, 0.6) is 0 Å². The van der Waals surface area contributed by atoms with Crippen LogP contribution < -0.4 is 5.32 Å². The number of hydrogen-bond donors (Lipinski definition) is 1. The normalized spacial score (nSPS) is 19.6. The van der Waals surface area contributed by atoms with Gasteiger partial charge < -0.3 is 0 Å². The van der Waals surface area contributed by atoms with Crippen LogP contribution in [0, 0.1) is 17.2 Å². The van der Waals surface area contributed by atoms with E-state index in [0.29, 0.717) is 5.92 Å². The van der Waals surface area contributed by atoms with Gasteiger partial charge in [-0.3, -0.25) is 10.2 Å². The Kier molecular flexibility index (Phi) is 5.19. The number of likely N-dealkylation sites (N-methyl/N-ethyl adjacent to an activating group) is 1. The van der Waals surface area contributed by atoms with Gasteiger partial charge in [-0.2, -0.15) is 5.26 Å². The van der Waals surface area contributed by atoms with E-state index in [4.69, 9.17) is 0 Å². The quantitative estimate of drug-likeness (QED) is 0.721. The SMILES string of the molecule is CCCNC(C#N)(CN(C)C(C)(C)CC)C1CC1. The van der Waals surface area contributed by atoms with Gasteiger partial charge in [-0.05, 0) is 59.0 Å². The van der Waals surface area contributed by atoms with E-state index < -0.39 is 0 Å². The van der Waals surface area contributed by atoms with Crippen molar-refractivity contribution in [1.29, 1.82) is 5.26 Å². The van der Waals surface area contributed by atoms with Gasteiger partial charge in [0.05, 0.1) is 6.07 Å². The molecule has 0 saturated heterocycles. The van der Waals surface area contributed by atoms with Gasteiger partial charge in [0.15, 0.2) is 0 Å². The summed E-state index contributed by atoms with van der Waals surface area (Å²) in [4.78, 5) is 2.34. The molecule has 1 aliphatic rings. The molecule has 0 spiro atoms. The molecule has 1 atom stereocenters. The Labute approximate surface area is 113 Å². The molecule has 1 unspecified atom stereocenters. The third-order valence-electron chi connectivity index (χ3n) is 4.55. The molecule has 0 heterocycles. The fourth-order valence-electron chi connectivity index (χ4n) is 2.28. The molecule has 0 aromatic rings. The van der Waals surface area contributed by atoms with Crippen LogP contribution >= 0.6 is 0 Å². The van der Waals surface area contributed by atoms with Crippen LogP contribution in [0.15, 0.2) is 0 Å². The van der Waals surface area contributed by atoms with Gasteiger partial charge in [-0.1, -0.05) is 13.8 Å². The van der Waals surface area contributed by atoms with Crippen molar-refractivity contribution < 1.29 is 0 Å². The van der Waals surface area contributed by atoms with E-state index in [1.54, 1.807) is 0 Å². The summed E-state index contributed by atoms with van der Waals surface area (Å²) in [5, 5.41) is 13.2. The second-order valence-electron chi connectivity index (χ2n) is 6.31. The van der Waals surface area contributed by atoms with Gasteiger partial charge in [0.25, 0.3) is 0 Å². The highest BCUT2D eigenvalue weighted by Gasteiger charge is 2.47. The Morgan fingerprint density at radius 3 is 2.33 bits per heavy atom. The topological polar surface area (TPSA) is 39.1 Å². The highest BCUT2D eigenvalue weighted by Crippen LogP contribution is 2.40. The van der Waals surface area contributed by atoms with Gasteiger partial charge in [0.2, 0.25) is 0 Å². The zero-order chi connectivity index (χ0) is 13.8. The first-order valence-electron chi connectivity index (χ1n) is 7.29. The molecule has 18 heavy (non-hydrogen) atoms. The lowest BCUT2D eigenvalue weighted by Crippen LogP contribution is -2.57. The molecule has 3 nitrogen and oxygen atoms in total. The molecular weight excluding hydrogens is 222 g/mol. The average Bonchev–Trinajstić information content (AvgIpc) is 3.18. The van der Waals surface area contributed by atoms with Gasteiger partial charge in [-0.15, -0.1) is 0 Å². The molecule has 0 aliphatic heterocycles. The maximum atomic E-state index is 9.66. The molecule has 104 valence electrons. The smallest absolute Gasteiger partial charge is 0.122 e. The van der Waals surface area contributed by atoms with E-state index in [1.165, 1.54) is 12.8 Å². The van der Waals surface area contributed by atoms with E-state index in [0.717, 1.165) is 25.9 Å². The monoisotopic (exact) mass is 251 g/mol. The first-order chi connectivity index (χ1) is 8.41. The Balaban J connectivity index is 2.75. The summed E-state index contributed by atoms with van der Waals surface area (Å²) in [6.07, 6.45) is 4.58. The summed E-state index contributed by atoms with van der Waals surface area (Å²) in [6.45, 7) is 10.6. The zero-order valence-corrected chi connectivity index (χ0v) is 12.7. The predicted octanol–water partition coefficient (Wildman–Crippen LogP) is 2.78. The molecule has 0 aromatic carbocycles. The van der Waals surface area contributed by atoms with Crippen molar-refractivity contribution in [2.75, 3.05) is 20.1 Å². The van der Waals surface area contributed by atoms with Crippen molar-refractivity contribution in [3.63, 3.8) is 0 Å². The maximum absolute atomic E-state index is 9.66. The fraction of sp³-hybridized carbons (Fsp3) is 0.933. The van der Waals surface area contributed by atoms with Crippen molar-refractivity contribution in [3.05, 3.63) is 0 Å². The van der Waals surface area contributed by atoms with Crippen molar-refractivity contribution in [2.24, 2.45) is 5.92 Å². The molecule has 0 bridgehead atoms. The Morgan fingerprint density at radius 1 is 1.33 bits per heavy atom. The molecule has 1 saturated carbocycles. The number of nitrogens with one attached hydrogen (secondary N) is 1. The van der Waals surface area contributed by atoms with E-state index >= 15 is 0 Å². The molecule has 0 aromatic heterocycles. The lowest BCUT2D eigenvalue weighted by atomic mass is 9.90. The average molecular weight is 251 g/mol. The summed E-state index contributed by atoms with van der Waals surface area (Å²) >= 11 is 0. The molecule has 0 amide bonds. The van der Waals surface area contributed by atoms with E-state index in [2.05, 4.69) is 51.0 Å². The largest absolute Gasteiger partial charge is 0.298 e. The van der Waals surface area contributed by atoms with E-state index in [1.807, 2.05) is 0 Å². The summed E-state index contributed by atoms with van der Waals surface area (Å²) in [5.41, 5.74) is -0.178. The minimum absolute atomic E-state index is 0.158. The summed E-state index contributed by atoms with van der Waals surface area (Å²) in [5.74, 6) is 0.546. The standard InChI is InChI=1S/C15H29N3/c1-6-10-17-15(11-16,13-8-9-13)12-18(5)14(3,4)7-2/h13,17H,6-10,12H2,1-5H3. The molecule has 1 rings (SSSR count). The minimum Gasteiger partial charge on any atom is -0.298 e. The summed E-state index contributed by atoms with van der Waals surface area (Å²) in [6, 6.07) is 2.59. The minimum atomic E-state index is -0.336. The Hall–Kier alpha value is -0.590. The van der Waals surface area contributed by atoms with E-state index in [-0.39, 0.29) is 11.1 Å². The van der Waals surface area contributed by atoms with Gasteiger partial charge in [-0.25, -0.2) is 0 Å². The van der Waals surface area contributed by atoms with Crippen LogP contribution in [0.4, 0.5) is 0 Å². The fourth-order valence-corrected chi connectivity index (χ4v) is 2.28. The van der Waals surface area contributed by atoms with Gasteiger partial charge >= 0.3 is 0 Å². The van der Waals surface area contributed by atoms with Gasteiger partial charge in [0, 0.05) is 12.1 Å². The molecule has 1 aliphatic carbocycles. The van der Waals surface area contributed by atoms with Crippen LogP contribution in [0.3, 0.4) is 0 Å². The predicted molar refractivity (Wildman–Crippen MR) is 76.4 cm³/mol. The number of hydrogen-bond acceptors (Lipinski definition) is 3.